The number of nitrogens with one attached hydrogen (secondary N) is 2. The van der Waals surface area contributed by atoms with Crippen LogP contribution in [0.15, 0.2) is 47.4 Å². The summed E-state index contributed by atoms with van der Waals surface area (Å²) in [5.74, 6) is -0.355. The molecule has 0 saturated carbocycles. The van der Waals surface area contributed by atoms with Crippen LogP contribution in [0.2, 0.25) is 0 Å². The van der Waals surface area contributed by atoms with Gasteiger partial charge < -0.3 is 19.5 Å². The highest BCUT2D eigenvalue weighted by atomic mass is 32.2. The summed E-state index contributed by atoms with van der Waals surface area (Å²) in [5, 5.41) is 5.17. The fourth-order valence-electron chi connectivity index (χ4n) is 3.44. The molecular weight excluding hydrogens is 505 g/mol. The Balaban J connectivity index is 1.88. The molecule has 10 nitrogen and oxygen atoms in total. The van der Waals surface area contributed by atoms with E-state index in [1.165, 1.54) is 24.3 Å². The highest BCUT2D eigenvalue weighted by Gasteiger charge is 2.35. The molecule has 0 bridgehead atoms. The number of halogens is 1. The second-order valence-electron chi connectivity index (χ2n) is 9.41. The van der Waals surface area contributed by atoms with Gasteiger partial charge in [0.25, 0.3) is 10.0 Å². The number of amides is 2. The summed E-state index contributed by atoms with van der Waals surface area (Å²) < 4.78 is 58.0. The Morgan fingerprint density at radius 3 is 2.49 bits per heavy atom. The molecule has 2 N–H and O–H groups in total. The molecule has 202 valence electrons. The molecule has 1 atom stereocenters. The van der Waals surface area contributed by atoms with E-state index in [4.69, 9.17) is 14.2 Å². The molecule has 0 saturated heterocycles. The Kier molecular flexibility index (Phi) is 8.85. The Morgan fingerprint density at radius 1 is 1.14 bits per heavy atom. The van der Waals surface area contributed by atoms with Crippen LogP contribution in [0, 0.1) is 5.82 Å². The third kappa shape index (κ3) is 7.72. The zero-order chi connectivity index (χ0) is 27.2. The number of sulfonamides is 1. The van der Waals surface area contributed by atoms with Crippen LogP contribution in [0.3, 0.4) is 0 Å². The van der Waals surface area contributed by atoms with Gasteiger partial charge in [0.05, 0.1) is 30.3 Å². The Hall–Kier alpha value is -3.54. The maximum Gasteiger partial charge on any atom is 0.412 e. The van der Waals surface area contributed by atoms with Crippen molar-refractivity contribution in [1.29, 1.82) is 0 Å². The lowest BCUT2D eigenvalue weighted by atomic mass is 10.2. The van der Waals surface area contributed by atoms with E-state index >= 15 is 0 Å². The summed E-state index contributed by atoms with van der Waals surface area (Å²) in [4.78, 5) is 24.1. The fraction of sp³-hybridized carbons (Fsp3) is 0.440. The van der Waals surface area contributed by atoms with Crippen molar-refractivity contribution < 1.29 is 36.6 Å². The predicted molar refractivity (Wildman–Crippen MR) is 136 cm³/mol. The molecule has 1 heterocycles. The highest BCUT2D eigenvalue weighted by molar-refractivity contribution is 7.92. The van der Waals surface area contributed by atoms with Crippen LogP contribution in [0.25, 0.3) is 0 Å². The number of fused-ring (bicyclic) bond motifs is 1. The Labute approximate surface area is 216 Å². The molecule has 0 unspecified atom stereocenters. The van der Waals surface area contributed by atoms with E-state index in [0.717, 1.165) is 29.3 Å². The lowest BCUT2D eigenvalue weighted by Crippen LogP contribution is -2.48. The van der Waals surface area contributed by atoms with Crippen molar-refractivity contribution in [3.8, 4) is 5.75 Å². The molecular formula is C25H32FN3O7S. The molecule has 1 aliphatic rings. The minimum atomic E-state index is -4.16. The van der Waals surface area contributed by atoms with Gasteiger partial charge in [-0.25, -0.2) is 22.4 Å². The summed E-state index contributed by atoms with van der Waals surface area (Å²) in [6.45, 7) is 7.23. The fourth-order valence-corrected chi connectivity index (χ4v) is 4.93. The van der Waals surface area contributed by atoms with E-state index in [-0.39, 0.29) is 41.7 Å². The first-order valence-electron chi connectivity index (χ1n) is 11.9. The van der Waals surface area contributed by atoms with E-state index in [1.807, 2.05) is 6.92 Å². The average molecular weight is 538 g/mol. The number of benzene rings is 2. The van der Waals surface area contributed by atoms with Crippen LogP contribution >= 0.6 is 0 Å². The van der Waals surface area contributed by atoms with E-state index in [2.05, 4.69) is 10.6 Å². The third-order valence-corrected chi connectivity index (χ3v) is 6.94. The number of ether oxygens (including phenoxy) is 3. The van der Waals surface area contributed by atoms with Crippen LogP contribution < -0.4 is 19.7 Å². The van der Waals surface area contributed by atoms with Gasteiger partial charge in [-0.15, -0.1) is 0 Å². The van der Waals surface area contributed by atoms with Crippen molar-refractivity contribution in [1.82, 2.24) is 5.32 Å². The van der Waals surface area contributed by atoms with Gasteiger partial charge in [-0.3, -0.25) is 9.62 Å². The van der Waals surface area contributed by atoms with Gasteiger partial charge in [-0.05, 0) is 69.7 Å². The normalized spacial score (nSPS) is 15.3. The van der Waals surface area contributed by atoms with Gasteiger partial charge in [0.1, 0.15) is 23.3 Å². The number of nitrogens with zero attached hydrogens (tertiary/aromatic N) is 1. The SMILES string of the molecule is CCCCOC(=O)NC[C@H]1CN(S(=O)(=O)c2ccc(F)cc2)c2cc(NC(=O)OC(C)(C)C)ccc2O1. The zero-order valence-electron chi connectivity index (χ0n) is 21.2. The maximum absolute atomic E-state index is 13.6. The number of rotatable bonds is 8. The van der Waals surface area contributed by atoms with Crippen molar-refractivity contribution in [2.75, 3.05) is 29.3 Å². The molecule has 37 heavy (non-hydrogen) atoms. The molecule has 3 rings (SSSR count). The highest BCUT2D eigenvalue weighted by Crippen LogP contribution is 2.39. The molecule has 2 aromatic rings. The summed E-state index contributed by atoms with van der Waals surface area (Å²) in [5.41, 5.74) is -0.274. The molecule has 0 radical (unpaired) electrons. The first-order valence-corrected chi connectivity index (χ1v) is 13.3. The van der Waals surface area contributed by atoms with Crippen LogP contribution in [-0.4, -0.2) is 52.0 Å². The van der Waals surface area contributed by atoms with Crippen molar-refractivity contribution in [3.05, 3.63) is 48.3 Å². The number of anilines is 2. The van der Waals surface area contributed by atoms with Crippen molar-refractivity contribution in [2.45, 2.75) is 57.1 Å². The molecule has 12 heteroatoms. The molecule has 0 aliphatic carbocycles. The lowest BCUT2D eigenvalue weighted by Gasteiger charge is -2.35. The molecule has 0 fully saturated rings. The minimum Gasteiger partial charge on any atom is -0.484 e. The molecule has 0 spiro atoms. The van der Waals surface area contributed by atoms with Crippen LogP contribution in [0.5, 0.6) is 5.75 Å². The summed E-state index contributed by atoms with van der Waals surface area (Å²) in [6, 6.07) is 8.95. The van der Waals surface area contributed by atoms with Crippen LogP contribution in [0.1, 0.15) is 40.5 Å². The van der Waals surface area contributed by atoms with Gasteiger partial charge in [0, 0.05) is 5.69 Å². The van der Waals surface area contributed by atoms with Crippen molar-refractivity contribution in [3.63, 3.8) is 0 Å². The average Bonchev–Trinajstić information content (AvgIpc) is 2.81. The van der Waals surface area contributed by atoms with E-state index in [0.29, 0.717) is 0 Å². The number of alkyl carbamates (subject to hydrolysis) is 1. The monoisotopic (exact) mass is 537 g/mol. The standard InChI is InChI=1S/C25H32FN3O7S/c1-5-6-13-34-23(30)27-15-19-16-29(37(32,33)20-10-7-17(26)8-11-20)21-14-18(9-12-22(21)35-19)28-24(31)36-25(2,3)4/h7-12,14,19H,5-6,13,15-16H2,1-4H3,(H,27,30)(H,28,31)/t19-/m0/s1. The quantitative estimate of drug-likeness (QED) is 0.470. The van der Waals surface area contributed by atoms with E-state index < -0.39 is 39.7 Å². The lowest BCUT2D eigenvalue weighted by molar-refractivity contribution is 0.0636. The Morgan fingerprint density at radius 2 is 1.84 bits per heavy atom. The smallest absolute Gasteiger partial charge is 0.412 e. The van der Waals surface area contributed by atoms with E-state index in [9.17, 15) is 22.4 Å². The van der Waals surface area contributed by atoms with Gasteiger partial charge >= 0.3 is 12.2 Å². The summed E-state index contributed by atoms with van der Waals surface area (Å²) in [7, 11) is -4.16. The molecule has 0 aromatic heterocycles. The summed E-state index contributed by atoms with van der Waals surface area (Å²) >= 11 is 0. The number of carbonyl (C=O) groups excluding carboxylic acids is 2. The van der Waals surface area contributed by atoms with Gasteiger partial charge in [0.2, 0.25) is 0 Å². The largest absolute Gasteiger partial charge is 0.484 e. The van der Waals surface area contributed by atoms with Crippen molar-refractivity contribution >= 4 is 33.6 Å². The van der Waals surface area contributed by atoms with Gasteiger partial charge in [-0.2, -0.15) is 0 Å². The third-order valence-electron chi connectivity index (χ3n) is 5.14. The topological polar surface area (TPSA) is 123 Å². The van der Waals surface area contributed by atoms with Crippen molar-refractivity contribution in [2.24, 2.45) is 0 Å². The number of unbranched alkanes of at least 4 members (excludes halogenated alkanes) is 1. The minimum absolute atomic E-state index is 0.0161. The molecule has 2 amide bonds. The Bertz CT molecular complexity index is 1210. The molecule has 1 aliphatic heterocycles. The van der Waals surface area contributed by atoms with Crippen LogP contribution in [0.4, 0.5) is 25.4 Å². The first-order chi connectivity index (χ1) is 17.4. The number of hydrogen-bond donors (Lipinski definition) is 2. The second-order valence-corrected chi connectivity index (χ2v) is 11.3. The van der Waals surface area contributed by atoms with Gasteiger partial charge in [0.15, 0.2) is 0 Å². The number of hydrogen-bond acceptors (Lipinski definition) is 7. The molecule has 2 aromatic carbocycles. The van der Waals surface area contributed by atoms with E-state index in [1.54, 1.807) is 26.8 Å². The van der Waals surface area contributed by atoms with Crippen LogP contribution in [-0.2, 0) is 19.5 Å². The zero-order valence-corrected chi connectivity index (χ0v) is 22.1. The summed E-state index contributed by atoms with van der Waals surface area (Å²) in [6.07, 6.45) is -0.486. The maximum atomic E-state index is 13.6. The first kappa shape index (κ1) is 28.0. The predicted octanol–water partition coefficient (Wildman–Crippen LogP) is 4.66. The number of carbonyl (C=O) groups is 2. The second kappa shape index (κ2) is 11.7. The van der Waals surface area contributed by atoms with Gasteiger partial charge in [-0.1, -0.05) is 13.3 Å².